The summed E-state index contributed by atoms with van der Waals surface area (Å²) in [6.07, 6.45) is 0.505. The topological polar surface area (TPSA) is 76.1 Å². The first-order chi connectivity index (χ1) is 11.9. The minimum Gasteiger partial charge on any atom is -0.481 e. The van der Waals surface area contributed by atoms with Crippen LogP contribution in [0.1, 0.15) is 75.2 Å². The van der Waals surface area contributed by atoms with Crippen molar-refractivity contribution >= 4 is 34.7 Å². The van der Waals surface area contributed by atoms with Crippen molar-refractivity contribution in [1.82, 2.24) is 4.90 Å². The summed E-state index contributed by atoms with van der Waals surface area (Å²) >= 11 is 2.34. The van der Waals surface area contributed by atoms with E-state index in [-0.39, 0.29) is 11.5 Å². The zero-order chi connectivity index (χ0) is 21.4. The van der Waals surface area contributed by atoms with E-state index in [0.717, 1.165) is 10.8 Å². The molecule has 0 aromatic heterocycles. The third kappa shape index (κ3) is 5.95. The van der Waals surface area contributed by atoms with Crippen molar-refractivity contribution < 1.29 is 24.2 Å². The fourth-order valence-corrected chi connectivity index (χ4v) is 4.98. The molecule has 1 heterocycles. The second-order valence-corrected chi connectivity index (χ2v) is 11.3. The van der Waals surface area contributed by atoms with Crippen molar-refractivity contribution in [2.45, 2.75) is 98.6 Å². The summed E-state index contributed by atoms with van der Waals surface area (Å²) in [4.78, 5) is 26.6. The normalized spacial score (nSPS) is 23.4. The van der Waals surface area contributed by atoms with Gasteiger partial charge in [-0.1, -0.05) is 36.4 Å². The zero-order valence-corrected chi connectivity index (χ0v) is 20.3. The zero-order valence-electron chi connectivity index (χ0n) is 18.2. The van der Waals surface area contributed by atoms with E-state index < -0.39 is 34.9 Å². The number of nitrogens with zero attached hydrogens (tertiary/aromatic N) is 1. The molecule has 1 saturated heterocycles. The number of carbonyl (C=O) groups is 2. The summed E-state index contributed by atoms with van der Waals surface area (Å²) in [5.74, 6) is -0.939. The highest BCUT2D eigenvalue weighted by atomic mass is 127. The number of hydrogen-bond donors (Lipinski definition) is 1. The summed E-state index contributed by atoms with van der Waals surface area (Å²) in [6, 6.07) is -0.390. The van der Waals surface area contributed by atoms with Crippen LogP contribution in [0.15, 0.2) is 0 Å². The molecular formula is C20H36INO5. The van der Waals surface area contributed by atoms with E-state index in [4.69, 9.17) is 9.47 Å². The molecule has 1 N–H and O–H groups in total. The largest absolute Gasteiger partial charge is 0.481 e. The molecule has 0 bridgehead atoms. The Bertz CT molecular complexity index is 565. The van der Waals surface area contributed by atoms with E-state index >= 15 is 0 Å². The van der Waals surface area contributed by atoms with Gasteiger partial charge < -0.3 is 14.6 Å². The maximum absolute atomic E-state index is 13.0. The van der Waals surface area contributed by atoms with Crippen molar-refractivity contribution in [2.75, 3.05) is 4.43 Å². The molecule has 1 rings (SSSR count). The van der Waals surface area contributed by atoms with Gasteiger partial charge in [0.1, 0.15) is 11.3 Å². The van der Waals surface area contributed by atoms with Gasteiger partial charge >= 0.3 is 12.1 Å². The number of ether oxygens (including phenoxy) is 2. The number of rotatable bonds is 6. The second-order valence-electron chi connectivity index (χ2n) is 10.2. The molecule has 0 aliphatic carbocycles. The molecule has 0 radical (unpaired) electrons. The molecule has 1 aliphatic rings. The van der Waals surface area contributed by atoms with Gasteiger partial charge in [-0.15, -0.1) is 0 Å². The Hall–Kier alpha value is -0.570. The molecular weight excluding hydrogens is 461 g/mol. The van der Waals surface area contributed by atoms with E-state index in [1.807, 2.05) is 20.8 Å². The first-order valence-corrected chi connectivity index (χ1v) is 11.0. The first-order valence-electron chi connectivity index (χ1n) is 9.44. The summed E-state index contributed by atoms with van der Waals surface area (Å²) in [6.45, 7) is 16.7. The molecule has 0 aromatic rings. The highest BCUT2D eigenvalue weighted by molar-refractivity contribution is 14.1. The number of aliphatic carboxylic acids is 1. The van der Waals surface area contributed by atoms with Gasteiger partial charge in [0.25, 0.3) is 0 Å². The molecule has 27 heavy (non-hydrogen) atoms. The predicted molar refractivity (Wildman–Crippen MR) is 114 cm³/mol. The Morgan fingerprint density at radius 1 is 1.15 bits per heavy atom. The fraction of sp³-hybridized carbons (Fsp3) is 0.900. The molecule has 0 aromatic carbocycles. The summed E-state index contributed by atoms with van der Waals surface area (Å²) in [7, 11) is 0. The van der Waals surface area contributed by atoms with Crippen LogP contribution in [0.4, 0.5) is 4.79 Å². The van der Waals surface area contributed by atoms with Crippen LogP contribution in [0, 0.1) is 10.8 Å². The number of carbonyl (C=O) groups excluding carboxylic acids is 1. The highest BCUT2D eigenvalue weighted by Gasteiger charge is 2.58. The molecule has 0 unspecified atom stereocenters. The van der Waals surface area contributed by atoms with Crippen LogP contribution in [0.3, 0.4) is 0 Å². The van der Waals surface area contributed by atoms with Gasteiger partial charge in [-0.2, -0.15) is 0 Å². The Morgan fingerprint density at radius 3 is 2.07 bits per heavy atom. The minimum atomic E-state index is -1.14. The Balaban J connectivity index is 3.38. The van der Waals surface area contributed by atoms with Gasteiger partial charge in [0, 0.05) is 4.43 Å². The predicted octanol–water partition coefficient (Wildman–Crippen LogP) is 5.08. The van der Waals surface area contributed by atoms with Gasteiger partial charge in [0.15, 0.2) is 0 Å². The maximum Gasteiger partial charge on any atom is 0.412 e. The fourth-order valence-electron chi connectivity index (χ4n) is 3.52. The quantitative estimate of drug-likeness (QED) is 0.409. The molecule has 1 aliphatic heterocycles. The van der Waals surface area contributed by atoms with E-state index in [9.17, 15) is 14.7 Å². The van der Waals surface area contributed by atoms with Gasteiger partial charge in [-0.05, 0) is 66.7 Å². The third-order valence-electron chi connectivity index (χ3n) is 5.06. The van der Waals surface area contributed by atoms with Crippen LogP contribution in [0.2, 0.25) is 0 Å². The highest BCUT2D eigenvalue weighted by Crippen LogP contribution is 2.46. The van der Waals surface area contributed by atoms with E-state index in [2.05, 4.69) is 36.4 Å². The molecule has 7 heteroatoms. The average Bonchev–Trinajstić information content (AvgIpc) is 2.67. The Kier molecular flexibility index (Phi) is 7.29. The van der Waals surface area contributed by atoms with Crippen molar-refractivity contribution in [2.24, 2.45) is 10.8 Å². The van der Waals surface area contributed by atoms with E-state index in [1.54, 1.807) is 32.6 Å². The molecule has 1 fully saturated rings. The molecule has 0 saturated carbocycles. The van der Waals surface area contributed by atoms with Crippen LogP contribution in [0.25, 0.3) is 0 Å². The second kappa shape index (κ2) is 8.05. The third-order valence-corrected chi connectivity index (χ3v) is 5.60. The van der Waals surface area contributed by atoms with Crippen LogP contribution >= 0.6 is 22.6 Å². The summed E-state index contributed by atoms with van der Waals surface area (Å²) in [5, 5.41) is 9.79. The average molecular weight is 497 g/mol. The summed E-state index contributed by atoms with van der Waals surface area (Å²) in [5.41, 5.74) is -2.80. The first kappa shape index (κ1) is 24.5. The monoisotopic (exact) mass is 497 g/mol. The summed E-state index contributed by atoms with van der Waals surface area (Å²) < 4.78 is 12.8. The molecule has 0 spiro atoms. The van der Waals surface area contributed by atoms with Crippen LogP contribution in [-0.4, -0.2) is 50.0 Å². The lowest BCUT2D eigenvalue weighted by Gasteiger charge is -2.39. The number of alkyl halides is 1. The van der Waals surface area contributed by atoms with Gasteiger partial charge in [-0.3, -0.25) is 9.69 Å². The van der Waals surface area contributed by atoms with Crippen molar-refractivity contribution in [3.63, 3.8) is 0 Å². The lowest BCUT2D eigenvalue weighted by molar-refractivity contribution is -0.160. The number of carboxylic acid groups (broad SMARTS) is 1. The minimum absolute atomic E-state index is 0.0667. The number of amides is 1. The SMILES string of the molecule is CC(C)(CCI)C[C@H]1[C@H](C(C)(C)C(=O)O)OC(C)(C)N1C(=O)OC(C)(C)C. The Morgan fingerprint density at radius 2 is 1.67 bits per heavy atom. The maximum atomic E-state index is 13.0. The number of halogens is 1. The lowest BCUT2D eigenvalue weighted by atomic mass is 9.75. The van der Waals surface area contributed by atoms with E-state index in [1.165, 1.54) is 0 Å². The van der Waals surface area contributed by atoms with Crippen LogP contribution < -0.4 is 0 Å². The smallest absolute Gasteiger partial charge is 0.412 e. The van der Waals surface area contributed by atoms with Gasteiger partial charge in [0.05, 0.1) is 17.6 Å². The standard InChI is InChI=1S/C20H36INO5/c1-17(2,3)27-16(25)22-13(12-18(4,5)10-11-21)14(26-20(22,8)9)19(6,7)15(23)24/h13-14H,10-12H2,1-9H3,(H,23,24)/t13-,14+/m0/s1. The molecule has 1 amide bonds. The molecule has 6 nitrogen and oxygen atoms in total. The van der Waals surface area contributed by atoms with Crippen LogP contribution in [-0.2, 0) is 14.3 Å². The van der Waals surface area contributed by atoms with Crippen molar-refractivity contribution in [3.8, 4) is 0 Å². The molecule has 2 atom stereocenters. The number of hydrogen-bond acceptors (Lipinski definition) is 4. The van der Waals surface area contributed by atoms with Crippen molar-refractivity contribution in [1.29, 1.82) is 0 Å². The molecule has 158 valence electrons. The lowest BCUT2D eigenvalue weighted by Crippen LogP contribution is -2.53. The van der Waals surface area contributed by atoms with E-state index in [0.29, 0.717) is 6.42 Å². The van der Waals surface area contributed by atoms with Crippen LogP contribution in [0.5, 0.6) is 0 Å². The number of carboxylic acids is 1. The Labute approximate surface area is 177 Å². The van der Waals surface area contributed by atoms with Crippen molar-refractivity contribution in [3.05, 3.63) is 0 Å². The van der Waals surface area contributed by atoms with Gasteiger partial charge in [-0.25, -0.2) is 4.79 Å². The van der Waals surface area contributed by atoms with Gasteiger partial charge in [0.2, 0.25) is 0 Å².